The Bertz CT molecular complexity index is 965. The molecule has 1 aliphatic heterocycles. The number of esters is 1. The summed E-state index contributed by atoms with van der Waals surface area (Å²) < 4.78 is 8.03. The number of piperazine rings is 1. The molecule has 2 aromatic rings. The zero-order valence-electron chi connectivity index (χ0n) is 16.9. The number of anilines is 1. The Hall–Kier alpha value is -2.62. The maximum atomic E-state index is 12.5. The molecule has 0 bridgehead atoms. The molecular formula is C18H28N6O4. The number of methoxy groups -OCH3 is 1. The third kappa shape index (κ3) is 3.96. The van der Waals surface area contributed by atoms with Crippen LogP contribution in [0.4, 0.5) is 5.95 Å². The predicted molar refractivity (Wildman–Crippen MR) is 106 cm³/mol. The molecule has 1 saturated heterocycles. The van der Waals surface area contributed by atoms with Gasteiger partial charge in [0.1, 0.15) is 0 Å². The highest BCUT2D eigenvalue weighted by Crippen LogP contribution is 2.22. The molecule has 10 heteroatoms. The second kappa shape index (κ2) is 8.17. The van der Waals surface area contributed by atoms with Crippen LogP contribution in [-0.2, 0) is 23.1 Å². The van der Waals surface area contributed by atoms with E-state index in [4.69, 9.17) is 4.74 Å². The van der Waals surface area contributed by atoms with Gasteiger partial charge in [0.05, 0.1) is 13.7 Å². The molecule has 28 heavy (non-hydrogen) atoms. The van der Waals surface area contributed by atoms with Crippen molar-refractivity contribution in [2.45, 2.75) is 26.8 Å². The number of aromatic nitrogens is 4. The number of carbonyl (C=O) groups excluding carboxylic acids is 1. The first-order valence-corrected chi connectivity index (χ1v) is 9.55. The lowest BCUT2D eigenvalue weighted by atomic mass is 10.1. The maximum absolute atomic E-state index is 12.5. The lowest BCUT2D eigenvalue weighted by Gasteiger charge is -2.34. The number of hydrogen-bond donors (Lipinski definition) is 1. The zero-order chi connectivity index (χ0) is 20.4. The fourth-order valence-corrected chi connectivity index (χ4v) is 3.42. The number of nitrogens with one attached hydrogen (secondary N) is 1. The first kappa shape index (κ1) is 20.1. The van der Waals surface area contributed by atoms with Crippen LogP contribution in [0.15, 0.2) is 9.59 Å². The van der Waals surface area contributed by atoms with Crippen LogP contribution in [0.2, 0.25) is 0 Å². The molecule has 0 spiro atoms. The minimum Gasteiger partial charge on any atom is -0.468 e. The summed E-state index contributed by atoms with van der Waals surface area (Å²) in [5, 5.41) is 0. The molecule has 154 valence electrons. The lowest BCUT2D eigenvalue weighted by Crippen LogP contribution is -2.48. The van der Waals surface area contributed by atoms with Gasteiger partial charge in [-0.2, -0.15) is 4.98 Å². The summed E-state index contributed by atoms with van der Waals surface area (Å²) in [7, 11) is 3.00. The van der Waals surface area contributed by atoms with E-state index in [9.17, 15) is 14.4 Å². The van der Waals surface area contributed by atoms with E-state index in [1.807, 2.05) is 9.47 Å². The summed E-state index contributed by atoms with van der Waals surface area (Å²) in [5.74, 6) is 0.910. The molecule has 1 N–H and O–H groups in total. The molecule has 3 heterocycles. The molecule has 0 aromatic carbocycles. The summed E-state index contributed by atoms with van der Waals surface area (Å²) in [6.07, 6.45) is 0.892. The third-order valence-electron chi connectivity index (χ3n) is 5.15. The number of ether oxygens (including phenoxy) is 1. The van der Waals surface area contributed by atoms with Gasteiger partial charge in [-0.3, -0.25) is 24.0 Å². The Balaban J connectivity index is 1.94. The Morgan fingerprint density at radius 2 is 1.89 bits per heavy atom. The topological polar surface area (TPSA) is 105 Å². The first-order chi connectivity index (χ1) is 13.3. The molecular weight excluding hydrogens is 364 g/mol. The third-order valence-corrected chi connectivity index (χ3v) is 5.15. The molecule has 3 rings (SSSR count). The highest BCUT2D eigenvalue weighted by atomic mass is 16.5. The Labute approximate surface area is 162 Å². The molecule has 1 fully saturated rings. The molecule has 1 aliphatic rings. The van der Waals surface area contributed by atoms with Gasteiger partial charge in [0, 0.05) is 39.8 Å². The van der Waals surface area contributed by atoms with Gasteiger partial charge >= 0.3 is 11.7 Å². The number of rotatable bonds is 6. The fraction of sp³-hybridized carbons (Fsp3) is 0.667. The van der Waals surface area contributed by atoms with E-state index >= 15 is 0 Å². The van der Waals surface area contributed by atoms with Crippen molar-refractivity contribution in [3.63, 3.8) is 0 Å². The molecule has 0 amide bonds. The van der Waals surface area contributed by atoms with E-state index in [0.717, 1.165) is 6.42 Å². The second-order valence-electron chi connectivity index (χ2n) is 7.58. The van der Waals surface area contributed by atoms with Crippen LogP contribution >= 0.6 is 0 Å². The van der Waals surface area contributed by atoms with Crippen molar-refractivity contribution in [2.24, 2.45) is 13.0 Å². The van der Waals surface area contributed by atoms with Crippen LogP contribution in [0.3, 0.4) is 0 Å². The van der Waals surface area contributed by atoms with Crippen LogP contribution in [0, 0.1) is 5.92 Å². The van der Waals surface area contributed by atoms with Crippen LogP contribution < -0.4 is 16.1 Å². The standard InChI is InChI=1S/C18H28N6O4/c1-12(2)5-6-24-14-15(21(3)18(27)20-16(14)26)19-17(24)23-9-7-22(8-10-23)11-13(25)28-4/h12H,5-11H2,1-4H3,(H,20,26,27). The van der Waals surface area contributed by atoms with Gasteiger partial charge < -0.3 is 14.2 Å². The molecule has 0 radical (unpaired) electrons. The molecule has 0 unspecified atom stereocenters. The molecule has 2 aromatic heterocycles. The van der Waals surface area contributed by atoms with Crippen LogP contribution in [0.1, 0.15) is 20.3 Å². The van der Waals surface area contributed by atoms with Crippen molar-refractivity contribution in [3.05, 3.63) is 20.8 Å². The molecule has 0 atom stereocenters. The monoisotopic (exact) mass is 392 g/mol. The van der Waals surface area contributed by atoms with Gasteiger partial charge in [-0.1, -0.05) is 13.8 Å². The number of H-pyrrole nitrogens is 1. The van der Waals surface area contributed by atoms with Crippen LogP contribution in [-0.4, -0.2) is 69.8 Å². The summed E-state index contributed by atoms with van der Waals surface area (Å²) in [4.78, 5) is 47.2. The van der Waals surface area contributed by atoms with Crippen LogP contribution in [0.5, 0.6) is 0 Å². The van der Waals surface area contributed by atoms with E-state index in [1.54, 1.807) is 7.05 Å². The van der Waals surface area contributed by atoms with Crippen molar-refractivity contribution in [3.8, 4) is 0 Å². The number of aromatic amines is 1. The summed E-state index contributed by atoms with van der Waals surface area (Å²) >= 11 is 0. The maximum Gasteiger partial charge on any atom is 0.329 e. The highest BCUT2D eigenvalue weighted by Gasteiger charge is 2.25. The van der Waals surface area contributed by atoms with Crippen molar-refractivity contribution in [1.29, 1.82) is 0 Å². The molecule has 0 aliphatic carbocycles. The predicted octanol–water partition coefficient (Wildman–Crippen LogP) is -0.236. The number of fused-ring (bicyclic) bond motifs is 1. The van der Waals surface area contributed by atoms with Gasteiger partial charge in [-0.05, 0) is 12.3 Å². The minimum absolute atomic E-state index is 0.251. The van der Waals surface area contributed by atoms with E-state index < -0.39 is 11.2 Å². The van der Waals surface area contributed by atoms with Gasteiger partial charge in [0.2, 0.25) is 5.95 Å². The Morgan fingerprint density at radius 1 is 1.21 bits per heavy atom. The van der Waals surface area contributed by atoms with Gasteiger partial charge in [-0.15, -0.1) is 0 Å². The van der Waals surface area contributed by atoms with Gasteiger partial charge in [0.25, 0.3) is 5.56 Å². The van der Waals surface area contributed by atoms with E-state index in [1.165, 1.54) is 11.7 Å². The van der Waals surface area contributed by atoms with Crippen molar-refractivity contribution >= 4 is 23.1 Å². The van der Waals surface area contributed by atoms with E-state index in [0.29, 0.717) is 55.8 Å². The largest absolute Gasteiger partial charge is 0.468 e. The summed E-state index contributed by atoms with van der Waals surface area (Å²) in [6, 6.07) is 0. The average molecular weight is 392 g/mol. The molecule has 10 nitrogen and oxygen atoms in total. The van der Waals surface area contributed by atoms with Crippen molar-refractivity contribution < 1.29 is 9.53 Å². The normalized spacial score (nSPS) is 15.5. The number of carbonyl (C=O) groups is 1. The van der Waals surface area contributed by atoms with E-state index in [2.05, 4.69) is 28.7 Å². The fourth-order valence-electron chi connectivity index (χ4n) is 3.42. The first-order valence-electron chi connectivity index (χ1n) is 9.55. The van der Waals surface area contributed by atoms with Crippen LogP contribution in [0.25, 0.3) is 11.2 Å². The number of imidazole rings is 1. The van der Waals surface area contributed by atoms with Gasteiger partial charge in [0.15, 0.2) is 11.2 Å². The summed E-state index contributed by atoms with van der Waals surface area (Å²) in [5.41, 5.74) is -0.0652. The van der Waals surface area contributed by atoms with Gasteiger partial charge in [-0.25, -0.2) is 4.79 Å². The molecule has 0 saturated carbocycles. The quantitative estimate of drug-likeness (QED) is 0.677. The Kier molecular flexibility index (Phi) is 5.87. The number of hydrogen-bond acceptors (Lipinski definition) is 7. The second-order valence-corrected chi connectivity index (χ2v) is 7.58. The van der Waals surface area contributed by atoms with Crippen molar-refractivity contribution in [1.82, 2.24) is 24.0 Å². The average Bonchev–Trinajstić information content (AvgIpc) is 3.05. The smallest absolute Gasteiger partial charge is 0.329 e. The number of aryl methyl sites for hydroxylation is 2. The zero-order valence-corrected chi connectivity index (χ0v) is 16.9. The minimum atomic E-state index is -0.472. The Morgan fingerprint density at radius 3 is 2.50 bits per heavy atom. The number of nitrogens with zero attached hydrogens (tertiary/aromatic N) is 5. The van der Waals surface area contributed by atoms with Crippen molar-refractivity contribution in [2.75, 3.05) is 44.7 Å². The lowest BCUT2D eigenvalue weighted by molar-refractivity contribution is -0.142. The van der Waals surface area contributed by atoms with E-state index in [-0.39, 0.29) is 12.5 Å². The summed E-state index contributed by atoms with van der Waals surface area (Å²) in [6.45, 7) is 7.90. The highest BCUT2D eigenvalue weighted by molar-refractivity contribution is 5.74. The SMILES string of the molecule is COC(=O)CN1CCN(c2nc3c(c(=O)[nH]c(=O)n3C)n2CCC(C)C)CC1.